The molecule has 1 saturated heterocycles. The fourth-order valence-corrected chi connectivity index (χ4v) is 1.55. The Morgan fingerprint density at radius 1 is 1.27 bits per heavy atom. The Morgan fingerprint density at radius 3 is 2.36 bits per heavy atom. The standard InChI is InChI=1S/C8H17NO2/c1-10-7-8(11-2)3-5-9-6-4-8/h9H,3-7H2,1-2H3. The van der Waals surface area contributed by atoms with Crippen molar-refractivity contribution in [2.45, 2.75) is 18.4 Å². The summed E-state index contributed by atoms with van der Waals surface area (Å²) in [4.78, 5) is 0. The summed E-state index contributed by atoms with van der Waals surface area (Å²) in [6.07, 6.45) is 2.11. The molecule has 0 aliphatic carbocycles. The van der Waals surface area contributed by atoms with Gasteiger partial charge in [-0.2, -0.15) is 0 Å². The first-order chi connectivity index (χ1) is 5.33. The summed E-state index contributed by atoms with van der Waals surface area (Å²) in [7, 11) is 3.49. The molecule has 0 aromatic rings. The summed E-state index contributed by atoms with van der Waals surface area (Å²) < 4.78 is 10.6. The second-order valence-corrected chi connectivity index (χ2v) is 3.07. The highest BCUT2D eigenvalue weighted by molar-refractivity contribution is 4.85. The number of ether oxygens (including phenoxy) is 2. The van der Waals surface area contributed by atoms with Crippen LogP contribution in [-0.2, 0) is 9.47 Å². The number of hydrogen-bond donors (Lipinski definition) is 1. The number of methoxy groups -OCH3 is 2. The number of rotatable bonds is 3. The molecule has 0 amide bonds. The van der Waals surface area contributed by atoms with Crippen LogP contribution in [0.4, 0.5) is 0 Å². The van der Waals surface area contributed by atoms with Gasteiger partial charge in [-0.05, 0) is 25.9 Å². The molecule has 1 aliphatic heterocycles. The molecule has 1 fully saturated rings. The van der Waals surface area contributed by atoms with E-state index in [1.54, 1.807) is 14.2 Å². The van der Waals surface area contributed by atoms with Crippen LogP contribution in [-0.4, -0.2) is 39.5 Å². The summed E-state index contributed by atoms with van der Waals surface area (Å²) >= 11 is 0. The highest BCUT2D eigenvalue weighted by Crippen LogP contribution is 2.21. The van der Waals surface area contributed by atoms with Crippen LogP contribution in [0.25, 0.3) is 0 Å². The molecule has 1 heterocycles. The number of piperidine rings is 1. The van der Waals surface area contributed by atoms with E-state index in [4.69, 9.17) is 9.47 Å². The summed E-state index contributed by atoms with van der Waals surface area (Å²) in [6.45, 7) is 2.79. The molecule has 1 N–H and O–H groups in total. The molecule has 0 unspecified atom stereocenters. The van der Waals surface area contributed by atoms with Gasteiger partial charge in [0, 0.05) is 14.2 Å². The fourth-order valence-electron chi connectivity index (χ4n) is 1.55. The maximum absolute atomic E-state index is 5.45. The summed E-state index contributed by atoms with van der Waals surface area (Å²) in [5.41, 5.74) is -0.0139. The van der Waals surface area contributed by atoms with E-state index in [2.05, 4.69) is 5.32 Å². The van der Waals surface area contributed by atoms with Gasteiger partial charge in [0.25, 0.3) is 0 Å². The van der Waals surface area contributed by atoms with Crippen LogP contribution in [0.2, 0.25) is 0 Å². The molecule has 11 heavy (non-hydrogen) atoms. The van der Waals surface area contributed by atoms with Gasteiger partial charge in [0.2, 0.25) is 0 Å². The smallest absolute Gasteiger partial charge is 0.0935 e. The Balaban J connectivity index is 2.42. The fraction of sp³-hybridized carbons (Fsp3) is 1.00. The Bertz CT molecular complexity index is 105. The number of nitrogens with one attached hydrogen (secondary N) is 1. The lowest BCUT2D eigenvalue weighted by molar-refractivity contribution is -0.0816. The first-order valence-corrected chi connectivity index (χ1v) is 4.08. The average molecular weight is 159 g/mol. The van der Waals surface area contributed by atoms with Gasteiger partial charge in [-0.15, -0.1) is 0 Å². The van der Waals surface area contributed by atoms with E-state index in [-0.39, 0.29) is 5.60 Å². The largest absolute Gasteiger partial charge is 0.382 e. The van der Waals surface area contributed by atoms with Gasteiger partial charge in [-0.25, -0.2) is 0 Å². The highest BCUT2D eigenvalue weighted by Gasteiger charge is 2.31. The van der Waals surface area contributed by atoms with Crippen molar-refractivity contribution in [2.75, 3.05) is 33.9 Å². The highest BCUT2D eigenvalue weighted by atomic mass is 16.5. The van der Waals surface area contributed by atoms with Crippen molar-refractivity contribution in [1.82, 2.24) is 5.32 Å². The summed E-state index contributed by atoms with van der Waals surface area (Å²) in [5.74, 6) is 0. The van der Waals surface area contributed by atoms with Crippen LogP contribution in [0.3, 0.4) is 0 Å². The van der Waals surface area contributed by atoms with Gasteiger partial charge in [0.05, 0.1) is 12.2 Å². The van der Waals surface area contributed by atoms with Gasteiger partial charge < -0.3 is 14.8 Å². The van der Waals surface area contributed by atoms with Crippen molar-refractivity contribution < 1.29 is 9.47 Å². The Labute approximate surface area is 68.1 Å². The third kappa shape index (κ3) is 2.15. The van der Waals surface area contributed by atoms with Crippen LogP contribution in [0.15, 0.2) is 0 Å². The van der Waals surface area contributed by atoms with Crippen molar-refractivity contribution in [2.24, 2.45) is 0 Å². The molecule has 1 rings (SSSR count). The quantitative estimate of drug-likeness (QED) is 0.646. The molecule has 1 aliphatic rings. The summed E-state index contributed by atoms with van der Waals surface area (Å²) in [6, 6.07) is 0. The maximum Gasteiger partial charge on any atom is 0.0935 e. The van der Waals surface area contributed by atoms with Crippen molar-refractivity contribution >= 4 is 0 Å². The predicted molar refractivity (Wildman–Crippen MR) is 43.7 cm³/mol. The normalized spacial score (nSPS) is 23.5. The minimum atomic E-state index is -0.0139. The molecule has 0 aromatic carbocycles. The maximum atomic E-state index is 5.45. The Hall–Kier alpha value is -0.120. The molecule has 0 saturated carbocycles. The zero-order valence-electron chi connectivity index (χ0n) is 7.35. The van der Waals surface area contributed by atoms with E-state index in [9.17, 15) is 0 Å². The van der Waals surface area contributed by atoms with E-state index >= 15 is 0 Å². The molecular formula is C8H17NO2. The molecule has 3 heteroatoms. The minimum Gasteiger partial charge on any atom is -0.382 e. The van der Waals surface area contributed by atoms with Gasteiger partial charge in [-0.3, -0.25) is 0 Å². The second kappa shape index (κ2) is 4.04. The second-order valence-electron chi connectivity index (χ2n) is 3.07. The first kappa shape index (κ1) is 8.97. The van der Waals surface area contributed by atoms with Gasteiger partial charge in [-0.1, -0.05) is 0 Å². The van der Waals surface area contributed by atoms with Crippen LogP contribution in [0, 0.1) is 0 Å². The predicted octanol–water partition coefficient (Wildman–Crippen LogP) is 0.401. The lowest BCUT2D eigenvalue weighted by Gasteiger charge is -2.35. The lowest BCUT2D eigenvalue weighted by Crippen LogP contribution is -2.46. The average Bonchev–Trinajstić information content (AvgIpc) is 2.07. The Morgan fingerprint density at radius 2 is 1.91 bits per heavy atom. The zero-order chi connectivity index (χ0) is 8.16. The van der Waals surface area contributed by atoms with Crippen LogP contribution in [0.1, 0.15) is 12.8 Å². The van der Waals surface area contributed by atoms with Crippen molar-refractivity contribution in [3.8, 4) is 0 Å². The van der Waals surface area contributed by atoms with E-state index in [0.717, 1.165) is 25.9 Å². The molecule has 0 radical (unpaired) electrons. The van der Waals surface area contributed by atoms with Gasteiger partial charge >= 0.3 is 0 Å². The van der Waals surface area contributed by atoms with E-state index in [1.807, 2.05) is 0 Å². The molecule has 3 nitrogen and oxygen atoms in total. The van der Waals surface area contributed by atoms with Crippen LogP contribution < -0.4 is 5.32 Å². The third-order valence-electron chi connectivity index (χ3n) is 2.36. The third-order valence-corrected chi connectivity index (χ3v) is 2.36. The monoisotopic (exact) mass is 159 g/mol. The van der Waals surface area contributed by atoms with Crippen molar-refractivity contribution in [3.05, 3.63) is 0 Å². The Kier molecular flexibility index (Phi) is 3.30. The molecule has 0 bridgehead atoms. The SMILES string of the molecule is COCC1(OC)CCNCC1. The van der Waals surface area contributed by atoms with E-state index < -0.39 is 0 Å². The number of hydrogen-bond acceptors (Lipinski definition) is 3. The zero-order valence-corrected chi connectivity index (χ0v) is 7.35. The lowest BCUT2D eigenvalue weighted by atomic mass is 9.93. The van der Waals surface area contributed by atoms with Crippen LogP contribution in [0.5, 0.6) is 0 Å². The molecule has 66 valence electrons. The molecule has 0 spiro atoms. The van der Waals surface area contributed by atoms with Crippen LogP contribution >= 0.6 is 0 Å². The molecular weight excluding hydrogens is 142 g/mol. The first-order valence-electron chi connectivity index (χ1n) is 4.08. The van der Waals surface area contributed by atoms with E-state index in [0.29, 0.717) is 6.61 Å². The molecule has 0 aromatic heterocycles. The minimum absolute atomic E-state index is 0.0139. The topological polar surface area (TPSA) is 30.5 Å². The van der Waals surface area contributed by atoms with E-state index in [1.165, 1.54) is 0 Å². The van der Waals surface area contributed by atoms with Crippen molar-refractivity contribution in [3.63, 3.8) is 0 Å². The molecule has 0 atom stereocenters. The van der Waals surface area contributed by atoms with Crippen molar-refractivity contribution in [1.29, 1.82) is 0 Å². The summed E-state index contributed by atoms with van der Waals surface area (Å²) in [5, 5.41) is 3.30. The van der Waals surface area contributed by atoms with Gasteiger partial charge in [0.15, 0.2) is 0 Å². The van der Waals surface area contributed by atoms with Gasteiger partial charge in [0.1, 0.15) is 0 Å².